The molecular formula is C23H22N4OS2. The Morgan fingerprint density at radius 1 is 1.00 bits per heavy atom. The predicted octanol–water partition coefficient (Wildman–Crippen LogP) is 5.35. The molecule has 152 valence electrons. The smallest absolute Gasteiger partial charge is 0.234 e. The summed E-state index contributed by atoms with van der Waals surface area (Å²) in [5, 5.41) is 14.5. The molecule has 0 aliphatic heterocycles. The van der Waals surface area contributed by atoms with Crippen LogP contribution in [0.15, 0.2) is 77.3 Å². The molecule has 0 fully saturated rings. The van der Waals surface area contributed by atoms with Crippen molar-refractivity contribution >= 4 is 34.7 Å². The van der Waals surface area contributed by atoms with Crippen LogP contribution in [0.4, 0.5) is 5.69 Å². The highest BCUT2D eigenvalue weighted by molar-refractivity contribution is 7.99. The van der Waals surface area contributed by atoms with Crippen LogP contribution in [0.1, 0.15) is 18.1 Å². The molecular weight excluding hydrogens is 412 g/mol. The highest BCUT2D eigenvalue weighted by Gasteiger charge is 2.17. The van der Waals surface area contributed by atoms with Gasteiger partial charge in [0.05, 0.1) is 17.2 Å². The maximum atomic E-state index is 12.5. The second kappa shape index (κ2) is 9.73. The third-order valence-corrected chi connectivity index (χ3v) is 6.45. The van der Waals surface area contributed by atoms with Crippen LogP contribution in [0.5, 0.6) is 0 Å². The molecule has 4 aromatic rings. The maximum Gasteiger partial charge on any atom is 0.234 e. The Morgan fingerprint density at radius 2 is 1.80 bits per heavy atom. The zero-order chi connectivity index (χ0) is 20.8. The Balaban J connectivity index is 1.48. The number of aryl methyl sites for hydroxylation is 1. The lowest BCUT2D eigenvalue weighted by molar-refractivity contribution is -0.113. The summed E-state index contributed by atoms with van der Waals surface area (Å²) in [6, 6.07) is 22.2. The number of aromatic nitrogens is 3. The number of hydrogen-bond acceptors (Lipinski definition) is 5. The van der Waals surface area contributed by atoms with Gasteiger partial charge in [0.15, 0.2) is 11.0 Å². The summed E-state index contributed by atoms with van der Waals surface area (Å²) in [4.78, 5) is 13.5. The summed E-state index contributed by atoms with van der Waals surface area (Å²) in [6.45, 7) is 2.77. The van der Waals surface area contributed by atoms with Gasteiger partial charge < -0.3 is 5.32 Å². The van der Waals surface area contributed by atoms with Crippen molar-refractivity contribution in [3.63, 3.8) is 0 Å². The maximum absolute atomic E-state index is 12.5. The molecule has 2 aromatic carbocycles. The van der Waals surface area contributed by atoms with Crippen molar-refractivity contribution in [2.24, 2.45) is 0 Å². The number of anilines is 1. The van der Waals surface area contributed by atoms with Crippen molar-refractivity contribution in [2.45, 2.75) is 25.0 Å². The van der Waals surface area contributed by atoms with Crippen LogP contribution < -0.4 is 5.32 Å². The van der Waals surface area contributed by atoms with E-state index in [-0.39, 0.29) is 11.7 Å². The van der Waals surface area contributed by atoms with E-state index in [9.17, 15) is 4.79 Å². The molecule has 0 radical (unpaired) electrons. The van der Waals surface area contributed by atoms with Crippen molar-refractivity contribution in [1.29, 1.82) is 0 Å². The zero-order valence-corrected chi connectivity index (χ0v) is 18.2. The fourth-order valence-electron chi connectivity index (χ4n) is 3.04. The Hall–Kier alpha value is -2.90. The monoisotopic (exact) mass is 434 g/mol. The van der Waals surface area contributed by atoms with Gasteiger partial charge in [-0.25, -0.2) is 0 Å². The first-order chi connectivity index (χ1) is 14.7. The first-order valence-electron chi connectivity index (χ1n) is 9.75. The quantitative estimate of drug-likeness (QED) is 0.380. The lowest BCUT2D eigenvalue weighted by Crippen LogP contribution is -2.14. The van der Waals surface area contributed by atoms with Gasteiger partial charge in [0, 0.05) is 5.69 Å². The van der Waals surface area contributed by atoms with E-state index in [0.29, 0.717) is 6.54 Å². The lowest BCUT2D eigenvalue weighted by atomic mass is 10.1. The number of amides is 1. The zero-order valence-electron chi connectivity index (χ0n) is 16.6. The molecule has 0 aliphatic rings. The third-order valence-electron chi connectivity index (χ3n) is 4.62. The molecule has 0 atom stereocenters. The van der Waals surface area contributed by atoms with Crippen molar-refractivity contribution in [3.8, 4) is 10.7 Å². The molecule has 4 rings (SSSR count). The highest BCUT2D eigenvalue weighted by atomic mass is 32.2. The molecule has 0 saturated heterocycles. The molecule has 5 nitrogen and oxygen atoms in total. The molecule has 2 heterocycles. The van der Waals surface area contributed by atoms with Gasteiger partial charge >= 0.3 is 0 Å². The van der Waals surface area contributed by atoms with Crippen LogP contribution in [0.2, 0.25) is 0 Å². The summed E-state index contributed by atoms with van der Waals surface area (Å²) in [5.41, 5.74) is 3.22. The van der Waals surface area contributed by atoms with Crippen LogP contribution >= 0.6 is 23.1 Å². The molecule has 0 aliphatic carbocycles. The van der Waals surface area contributed by atoms with E-state index in [1.165, 1.54) is 17.3 Å². The van der Waals surface area contributed by atoms with Crippen LogP contribution in [-0.4, -0.2) is 26.4 Å². The predicted molar refractivity (Wildman–Crippen MR) is 124 cm³/mol. The van der Waals surface area contributed by atoms with Crippen LogP contribution in [0, 0.1) is 0 Å². The standard InChI is InChI=1S/C23H22N4OS2/c1-2-17-10-12-19(13-11-17)24-21(28)16-30-23-26-25-22(20-9-6-14-29-20)27(23)15-18-7-4-3-5-8-18/h3-14H,2,15-16H2,1H3,(H,24,28). The number of thiophene rings is 1. The minimum absolute atomic E-state index is 0.0591. The number of carbonyl (C=O) groups is 1. The van der Waals surface area contributed by atoms with Gasteiger partial charge in [0.1, 0.15) is 0 Å². The summed E-state index contributed by atoms with van der Waals surface area (Å²) in [7, 11) is 0. The van der Waals surface area contributed by atoms with E-state index in [1.54, 1.807) is 11.3 Å². The van der Waals surface area contributed by atoms with E-state index in [0.717, 1.165) is 33.5 Å². The Bertz CT molecular complexity index is 1090. The van der Waals surface area contributed by atoms with Crippen LogP contribution in [-0.2, 0) is 17.8 Å². The highest BCUT2D eigenvalue weighted by Crippen LogP contribution is 2.28. The van der Waals surface area contributed by atoms with Crippen molar-refractivity contribution in [3.05, 3.63) is 83.2 Å². The van der Waals surface area contributed by atoms with Crippen molar-refractivity contribution in [2.75, 3.05) is 11.1 Å². The van der Waals surface area contributed by atoms with Crippen molar-refractivity contribution in [1.82, 2.24) is 14.8 Å². The number of rotatable bonds is 8. The fraction of sp³-hybridized carbons (Fsp3) is 0.174. The topological polar surface area (TPSA) is 59.8 Å². The number of nitrogens with one attached hydrogen (secondary N) is 1. The molecule has 0 unspecified atom stereocenters. The molecule has 0 spiro atoms. The Labute approximate surface area is 184 Å². The minimum atomic E-state index is -0.0591. The van der Waals surface area contributed by atoms with Gasteiger partial charge in [-0.2, -0.15) is 0 Å². The normalized spacial score (nSPS) is 10.8. The van der Waals surface area contributed by atoms with E-state index >= 15 is 0 Å². The van der Waals surface area contributed by atoms with Crippen LogP contribution in [0.25, 0.3) is 10.7 Å². The average Bonchev–Trinajstić information content (AvgIpc) is 3.44. The Kier molecular flexibility index (Phi) is 6.61. The SMILES string of the molecule is CCc1ccc(NC(=O)CSc2nnc(-c3cccs3)n2Cc2ccccc2)cc1. The molecule has 0 saturated carbocycles. The fourth-order valence-corrected chi connectivity index (χ4v) is 4.50. The van der Waals surface area contributed by atoms with E-state index in [1.807, 2.05) is 60.0 Å². The van der Waals surface area contributed by atoms with Gasteiger partial charge in [-0.3, -0.25) is 9.36 Å². The molecule has 0 bridgehead atoms. The van der Waals surface area contributed by atoms with Gasteiger partial charge in [-0.15, -0.1) is 21.5 Å². The van der Waals surface area contributed by atoms with Gasteiger partial charge in [0.25, 0.3) is 0 Å². The average molecular weight is 435 g/mol. The second-order valence-electron chi connectivity index (χ2n) is 6.74. The molecule has 7 heteroatoms. The molecule has 1 amide bonds. The summed E-state index contributed by atoms with van der Waals surface area (Å²) in [5.74, 6) is 1.04. The largest absolute Gasteiger partial charge is 0.325 e. The number of nitrogens with zero attached hydrogens (tertiary/aromatic N) is 3. The van der Waals surface area contributed by atoms with E-state index in [4.69, 9.17) is 0 Å². The van der Waals surface area contributed by atoms with Crippen LogP contribution in [0.3, 0.4) is 0 Å². The Morgan fingerprint density at radius 3 is 2.50 bits per heavy atom. The summed E-state index contributed by atoms with van der Waals surface area (Å²) in [6.07, 6.45) is 0.980. The summed E-state index contributed by atoms with van der Waals surface area (Å²) < 4.78 is 2.08. The first kappa shape index (κ1) is 20.4. The summed E-state index contributed by atoms with van der Waals surface area (Å²) >= 11 is 3.03. The lowest BCUT2D eigenvalue weighted by Gasteiger charge is -2.10. The van der Waals surface area contributed by atoms with Gasteiger partial charge in [-0.05, 0) is 41.1 Å². The second-order valence-corrected chi connectivity index (χ2v) is 8.63. The van der Waals surface area contributed by atoms with Crippen molar-refractivity contribution < 1.29 is 4.79 Å². The van der Waals surface area contributed by atoms with Gasteiger partial charge in [-0.1, -0.05) is 67.2 Å². The first-order valence-corrected chi connectivity index (χ1v) is 11.6. The van der Waals surface area contributed by atoms with E-state index in [2.05, 4.69) is 39.1 Å². The van der Waals surface area contributed by atoms with E-state index < -0.39 is 0 Å². The number of hydrogen-bond donors (Lipinski definition) is 1. The molecule has 30 heavy (non-hydrogen) atoms. The molecule has 1 N–H and O–H groups in total. The molecule has 2 aromatic heterocycles. The third kappa shape index (κ3) is 4.98. The number of thioether (sulfide) groups is 1. The number of carbonyl (C=O) groups excluding carboxylic acids is 1. The minimum Gasteiger partial charge on any atom is -0.325 e. The number of benzene rings is 2. The van der Waals surface area contributed by atoms with Gasteiger partial charge in [0.2, 0.25) is 5.91 Å².